The number of carbonyl (C=O) groups is 1. The van der Waals surface area contributed by atoms with Crippen LogP contribution in [0.4, 0.5) is 5.13 Å². The minimum Gasteiger partial charge on any atom is -0.493 e. The van der Waals surface area contributed by atoms with Gasteiger partial charge in [-0.15, -0.1) is 11.3 Å². The summed E-state index contributed by atoms with van der Waals surface area (Å²) in [6.07, 6.45) is 0. The largest absolute Gasteiger partial charge is 0.493 e. The number of thiazole rings is 1. The Kier molecular flexibility index (Phi) is 8.02. The smallest absolute Gasteiger partial charge is 0.264 e. The van der Waals surface area contributed by atoms with Crippen LogP contribution in [0.15, 0.2) is 47.8 Å². The van der Waals surface area contributed by atoms with Crippen LogP contribution in [-0.2, 0) is 4.79 Å². The van der Waals surface area contributed by atoms with E-state index in [1.165, 1.54) is 16.9 Å². The van der Waals surface area contributed by atoms with Gasteiger partial charge in [-0.25, -0.2) is 4.98 Å². The number of ether oxygens (including phenoxy) is 3. The number of nitrogens with one attached hydrogen (secondary N) is 2. The fourth-order valence-corrected chi connectivity index (χ4v) is 3.85. The van der Waals surface area contributed by atoms with Crippen molar-refractivity contribution in [1.82, 2.24) is 10.3 Å². The third kappa shape index (κ3) is 6.18. The first-order chi connectivity index (χ1) is 15.4. The summed E-state index contributed by atoms with van der Waals surface area (Å²) in [6.45, 7) is 4.10. The van der Waals surface area contributed by atoms with Crippen molar-refractivity contribution in [3.8, 4) is 28.5 Å². The molecule has 9 heteroatoms. The van der Waals surface area contributed by atoms with Crippen molar-refractivity contribution in [2.24, 2.45) is 0 Å². The molecule has 2 aromatic carbocycles. The van der Waals surface area contributed by atoms with Gasteiger partial charge in [-0.1, -0.05) is 26.0 Å². The summed E-state index contributed by atoms with van der Waals surface area (Å²) in [4.78, 5) is 16.7. The summed E-state index contributed by atoms with van der Waals surface area (Å²) in [6, 6.07) is 13.2. The molecule has 0 bridgehead atoms. The van der Waals surface area contributed by atoms with Crippen molar-refractivity contribution in [2.75, 3.05) is 26.1 Å². The van der Waals surface area contributed by atoms with E-state index >= 15 is 0 Å². The number of hydrogen-bond donors (Lipinski definition) is 2. The molecule has 32 heavy (non-hydrogen) atoms. The molecule has 0 saturated carbocycles. The fraction of sp³-hybridized carbons (Fsp3) is 0.261. The molecule has 0 aliphatic carbocycles. The second-order valence-corrected chi connectivity index (χ2v) is 8.39. The molecule has 0 atom stereocenters. The number of anilines is 1. The number of carbonyl (C=O) groups excluding carboxylic acids is 1. The van der Waals surface area contributed by atoms with Crippen LogP contribution >= 0.6 is 23.6 Å². The van der Waals surface area contributed by atoms with Gasteiger partial charge in [0.05, 0.1) is 19.9 Å². The van der Waals surface area contributed by atoms with Gasteiger partial charge in [-0.3, -0.25) is 10.1 Å². The third-order valence-corrected chi connectivity index (χ3v) is 5.54. The van der Waals surface area contributed by atoms with Gasteiger partial charge in [-0.2, -0.15) is 0 Å². The highest BCUT2D eigenvalue weighted by molar-refractivity contribution is 7.80. The normalized spacial score (nSPS) is 10.5. The van der Waals surface area contributed by atoms with Crippen LogP contribution in [-0.4, -0.2) is 36.8 Å². The van der Waals surface area contributed by atoms with Gasteiger partial charge >= 0.3 is 0 Å². The standard InChI is InChI=1S/C23H25N3O4S2/c1-14(2)15-5-8-17(9-6-15)30-12-21(27)25-22(31)26-23-24-18(13-32-23)16-7-10-19(28-3)20(11-16)29-4/h5-11,13-14H,12H2,1-4H3,(H2,24,25,26,27,31). The maximum Gasteiger partial charge on any atom is 0.264 e. The van der Waals surface area contributed by atoms with Crippen LogP contribution in [0.5, 0.6) is 17.2 Å². The zero-order chi connectivity index (χ0) is 23.1. The highest BCUT2D eigenvalue weighted by Gasteiger charge is 2.12. The first kappa shape index (κ1) is 23.5. The molecule has 168 valence electrons. The van der Waals surface area contributed by atoms with Crippen LogP contribution < -0.4 is 24.8 Å². The Hall–Kier alpha value is -3.17. The highest BCUT2D eigenvalue weighted by atomic mass is 32.1. The molecule has 0 unspecified atom stereocenters. The molecule has 2 N–H and O–H groups in total. The van der Waals surface area contributed by atoms with Gasteiger partial charge in [0.25, 0.3) is 5.91 Å². The lowest BCUT2D eigenvalue weighted by molar-refractivity contribution is -0.121. The van der Waals surface area contributed by atoms with Crippen molar-refractivity contribution in [3.63, 3.8) is 0 Å². The Morgan fingerprint density at radius 3 is 2.47 bits per heavy atom. The second-order valence-electron chi connectivity index (χ2n) is 7.12. The Labute approximate surface area is 196 Å². The molecular weight excluding hydrogens is 446 g/mol. The molecule has 1 aromatic heterocycles. The van der Waals surface area contributed by atoms with Crippen molar-refractivity contribution in [2.45, 2.75) is 19.8 Å². The first-order valence-electron chi connectivity index (χ1n) is 9.91. The summed E-state index contributed by atoms with van der Waals surface area (Å²) < 4.78 is 16.1. The lowest BCUT2D eigenvalue weighted by atomic mass is 10.0. The Bertz CT molecular complexity index is 1080. The third-order valence-electron chi connectivity index (χ3n) is 4.57. The predicted octanol–water partition coefficient (Wildman–Crippen LogP) is 4.84. The summed E-state index contributed by atoms with van der Waals surface area (Å²) >= 11 is 6.59. The number of rotatable bonds is 8. The van der Waals surface area contributed by atoms with Crippen molar-refractivity contribution in [1.29, 1.82) is 0 Å². The maximum absolute atomic E-state index is 12.1. The monoisotopic (exact) mass is 471 g/mol. The Morgan fingerprint density at radius 1 is 1.09 bits per heavy atom. The Morgan fingerprint density at radius 2 is 1.81 bits per heavy atom. The number of thiocarbonyl (C=S) groups is 1. The highest BCUT2D eigenvalue weighted by Crippen LogP contribution is 2.33. The minimum absolute atomic E-state index is 0.141. The topological polar surface area (TPSA) is 81.7 Å². The van der Waals surface area contributed by atoms with Crippen LogP contribution in [0.25, 0.3) is 11.3 Å². The van der Waals surface area contributed by atoms with Gasteiger partial charge in [0.2, 0.25) is 0 Å². The molecular formula is C23H25N3O4S2. The van der Waals surface area contributed by atoms with Crippen LogP contribution in [0, 0.1) is 0 Å². The summed E-state index contributed by atoms with van der Waals surface area (Å²) in [5.41, 5.74) is 2.84. The van der Waals surface area contributed by atoms with Gasteiger partial charge in [0.1, 0.15) is 5.75 Å². The molecule has 7 nitrogen and oxygen atoms in total. The number of hydrogen-bond acceptors (Lipinski definition) is 7. The van der Waals surface area contributed by atoms with Gasteiger partial charge < -0.3 is 19.5 Å². The SMILES string of the molecule is COc1ccc(-c2csc(NC(=S)NC(=O)COc3ccc(C(C)C)cc3)n2)cc1OC. The van der Waals surface area contributed by atoms with Gasteiger partial charge in [-0.05, 0) is 54.0 Å². The van der Waals surface area contributed by atoms with Crippen molar-refractivity contribution < 1.29 is 19.0 Å². The van der Waals surface area contributed by atoms with Crippen molar-refractivity contribution >= 4 is 39.7 Å². The molecule has 0 spiro atoms. The zero-order valence-electron chi connectivity index (χ0n) is 18.3. The zero-order valence-corrected chi connectivity index (χ0v) is 19.9. The Balaban J connectivity index is 1.52. The molecule has 1 amide bonds. The summed E-state index contributed by atoms with van der Waals surface area (Å²) in [7, 11) is 3.17. The lowest BCUT2D eigenvalue weighted by Crippen LogP contribution is -2.37. The van der Waals surface area contributed by atoms with Crippen LogP contribution in [0.1, 0.15) is 25.3 Å². The number of benzene rings is 2. The van der Waals surface area contributed by atoms with E-state index in [1.54, 1.807) is 14.2 Å². The van der Waals surface area contributed by atoms with E-state index in [0.29, 0.717) is 28.3 Å². The van der Waals surface area contributed by atoms with E-state index in [1.807, 2.05) is 47.8 Å². The molecule has 0 saturated heterocycles. The number of nitrogens with zero attached hydrogens (tertiary/aromatic N) is 1. The van der Waals surface area contributed by atoms with Crippen LogP contribution in [0.2, 0.25) is 0 Å². The second kappa shape index (κ2) is 10.9. The fourth-order valence-electron chi connectivity index (χ4n) is 2.85. The number of aromatic nitrogens is 1. The van der Waals surface area contributed by atoms with E-state index in [2.05, 4.69) is 29.5 Å². The summed E-state index contributed by atoms with van der Waals surface area (Å²) in [5.74, 6) is 1.98. The predicted molar refractivity (Wildman–Crippen MR) is 131 cm³/mol. The summed E-state index contributed by atoms with van der Waals surface area (Å²) in [5, 5.41) is 8.13. The van der Waals surface area contributed by atoms with E-state index < -0.39 is 0 Å². The van der Waals surface area contributed by atoms with E-state index in [-0.39, 0.29) is 17.6 Å². The quantitative estimate of drug-likeness (QED) is 0.455. The number of methoxy groups -OCH3 is 2. The van der Waals surface area contributed by atoms with E-state index in [9.17, 15) is 4.79 Å². The molecule has 3 rings (SSSR count). The van der Waals surface area contributed by atoms with Crippen molar-refractivity contribution in [3.05, 3.63) is 53.4 Å². The molecule has 0 aliphatic rings. The van der Waals surface area contributed by atoms with Crippen LogP contribution in [0.3, 0.4) is 0 Å². The minimum atomic E-state index is -0.355. The lowest BCUT2D eigenvalue weighted by Gasteiger charge is -2.10. The van der Waals surface area contributed by atoms with E-state index in [4.69, 9.17) is 26.4 Å². The molecule has 3 aromatic rings. The first-order valence-corrected chi connectivity index (χ1v) is 11.2. The van der Waals surface area contributed by atoms with E-state index in [0.717, 1.165) is 11.3 Å². The molecule has 0 radical (unpaired) electrons. The molecule has 0 aliphatic heterocycles. The maximum atomic E-state index is 12.1. The van der Waals surface area contributed by atoms with Gasteiger partial charge in [0.15, 0.2) is 28.3 Å². The average Bonchev–Trinajstić information content (AvgIpc) is 3.25. The molecule has 0 fully saturated rings. The molecule has 1 heterocycles. The van der Waals surface area contributed by atoms with Gasteiger partial charge in [0, 0.05) is 10.9 Å². The number of amides is 1. The average molecular weight is 472 g/mol.